The Morgan fingerprint density at radius 2 is 1.79 bits per heavy atom. The van der Waals surface area contributed by atoms with Gasteiger partial charge in [-0.2, -0.15) is 0 Å². The highest BCUT2D eigenvalue weighted by molar-refractivity contribution is 5.25. The Morgan fingerprint density at radius 3 is 2.37 bits per heavy atom. The van der Waals surface area contributed by atoms with Crippen LogP contribution >= 0.6 is 0 Å². The van der Waals surface area contributed by atoms with E-state index in [-0.39, 0.29) is 0 Å². The summed E-state index contributed by atoms with van der Waals surface area (Å²) in [4.78, 5) is 0. The van der Waals surface area contributed by atoms with Gasteiger partial charge >= 0.3 is 0 Å². The van der Waals surface area contributed by atoms with E-state index in [2.05, 4.69) is 50.4 Å². The highest BCUT2D eigenvalue weighted by Crippen LogP contribution is 2.18. The van der Waals surface area contributed by atoms with Crippen LogP contribution in [0.1, 0.15) is 57.1 Å². The van der Waals surface area contributed by atoms with Crippen LogP contribution in [0.3, 0.4) is 0 Å². The first-order valence-electron chi connectivity index (χ1n) is 7.68. The molecule has 0 fully saturated rings. The first kappa shape index (κ1) is 16.2. The fourth-order valence-corrected chi connectivity index (χ4v) is 2.16. The molecule has 0 saturated heterocycles. The van der Waals surface area contributed by atoms with Crippen molar-refractivity contribution in [2.75, 3.05) is 13.1 Å². The van der Waals surface area contributed by atoms with Crippen LogP contribution in [0, 0.1) is 0 Å². The second kappa shape index (κ2) is 9.11. The van der Waals surface area contributed by atoms with Gasteiger partial charge in [0, 0.05) is 6.04 Å². The van der Waals surface area contributed by atoms with Crippen molar-refractivity contribution in [1.82, 2.24) is 5.32 Å². The number of rotatable bonds is 9. The lowest BCUT2D eigenvalue weighted by atomic mass is 9.97. The van der Waals surface area contributed by atoms with E-state index < -0.39 is 0 Å². The van der Waals surface area contributed by atoms with Gasteiger partial charge in [-0.05, 0) is 62.7 Å². The Labute approximate surface area is 118 Å². The molecule has 0 heterocycles. The summed E-state index contributed by atoms with van der Waals surface area (Å²) in [5.41, 5.74) is 8.60. The minimum Gasteiger partial charge on any atom is -0.328 e. The van der Waals surface area contributed by atoms with E-state index in [9.17, 15) is 0 Å². The number of benzene rings is 1. The van der Waals surface area contributed by atoms with Gasteiger partial charge < -0.3 is 11.1 Å². The van der Waals surface area contributed by atoms with Gasteiger partial charge in [0.05, 0.1) is 0 Å². The average molecular weight is 262 g/mol. The molecule has 2 nitrogen and oxygen atoms in total. The van der Waals surface area contributed by atoms with Crippen LogP contribution in [0.25, 0.3) is 0 Å². The van der Waals surface area contributed by atoms with Gasteiger partial charge in [0.1, 0.15) is 0 Å². The molecular formula is C17H30N2. The van der Waals surface area contributed by atoms with Crippen molar-refractivity contribution in [3.63, 3.8) is 0 Å². The monoisotopic (exact) mass is 262 g/mol. The van der Waals surface area contributed by atoms with Gasteiger partial charge in [-0.15, -0.1) is 0 Å². The average Bonchev–Trinajstić information content (AvgIpc) is 2.42. The first-order chi connectivity index (χ1) is 9.13. The molecule has 1 aromatic rings. The van der Waals surface area contributed by atoms with E-state index >= 15 is 0 Å². The molecule has 1 aromatic carbocycles. The number of hydrogen-bond acceptors (Lipinski definition) is 2. The van der Waals surface area contributed by atoms with Gasteiger partial charge in [-0.25, -0.2) is 0 Å². The molecule has 0 aliphatic carbocycles. The van der Waals surface area contributed by atoms with Crippen LogP contribution in [0.5, 0.6) is 0 Å². The molecule has 2 atom stereocenters. The maximum atomic E-state index is 5.72. The van der Waals surface area contributed by atoms with Gasteiger partial charge in [0.15, 0.2) is 0 Å². The topological polar surface area (TPSA) is 38.0 Å². The zero-order valence-corrected chi connectivity index (χ0v) is 12.8. The molecule has 0 aliphatic heterocycles. The number of nitrogens with two attached hydrogens (primary N) is 1. The SMILES string of the molecule is CCC(C)c1ccc(CCNCCCC(C)N)cc1. The minimum absolute atomic E-state index is 0.329. The quantitative estimate of drug-likeness (QED) is 0.669. The van der Waals surface area contributed by atoms with E-state index in [1.807, 2.05) is 0 Å². The Kier molecular flexibility index (Phi) is 7.76. The lowest BCUT2D eigenvalue weighted by Crippen LogP contribution is -2.21. The maximum Gasteiger partial charge on any atom is 0.00109 e. The summed E-state index contributed by atoms with van der Waals surface area (Å²) in [5, 5.41) is 3.48. The molecule has 0 aromatic heterocycles. The zero-order valence-electron chi connectivity index (χ0n) is 12.8. The smallest absolute Gasteiger partial charge is 0.00109 e. The van der Waals surface area contributed by atoms with E-state index in [1.165, 1.54) is 24.0 Å². The molecule has 0 radical (unpaired) electrons. The third-order valence-corrected chi connectivity index (χ3v) is 3.76. The van der Waals surface area contributed by atoms with Gasteiger partial charge in [0.25, 0.3) is 0 Å². The molecule has 3 N–H and O–H groups in total. The van der Waals surface area contributed by atoms with Crippen molar-refractivity contribution in [2.45, 2.75) is 58.4 Å². The van der Waals surface area contributed by atoms with Crippen molar-refractivity contribution >= 4 is 0 Å². The molecule has 108 valence electrons. The third kappa shape index (κ3) is 6.74. The van der Waals surface area contributed by atoms with Crippen LogP contribution in [-0.4, -0.2) is 19.1 Å². The minimum atomic E-state index is 0.329. The molecule has 0 bridgehead atoms. The third-order valence-electron chi connectivity index (χ3n) is 3.76. The second-order valence-electron chi connectivity index (χ2n) is 5.67. The van der Waals surface area contributed by atoms with Gasteiger partial charge in [0.2, 0.25) is 0 Å². The van der Waals surface area contributed by atoms with Crippen LogP contribution in [0.2, 0.25) is 0 Å². The summed E-state index contributed by atoms with van der Waals surface area (Å²) >= 11 is 0. The van der Waals surface area contributed by atoms with Crippen molar-refractivity contribution in [3.8, 4) is 0 Å². The lowest BCUT2D eigenvalue weighted by Gasteiger charge is -2.10. The maximum absolute atomic E-state index is 5.72. The molecule has 0 amide bonds. The molecule has 0 saturated carbocycles. The molecule has 1 rings (SSSR count). The molecule has 0 aliphatic rings. The fourth-order valence-electron chi connectivity index (χ4n) is 2.16. The van der Waals surface area contributed by atoms with Gasteiger partial charge in [-0.1, -0.05) is 38.1 Å². The normalized spacial score (nSPS) is 14.3. The highest BCUT2D eigenvalue weighted by Gasteiger charge is 2.02. The Bertz CT molecular complexity index is 330. The summed E-state index contributed by atoms with van der Waals surface area (Å²) in [6.45, 7) is 8.73. The summed E-state index contributed by atoms with van der Waals surface area (Å²) < 4.78 is 0. The van der Waals surface area contributed by atoms with Crippen LogP contribution in [0.15, 0.2) is 24.3 Å². The van der Waals surface area contributed by atoms with Crippen LogP contribution in [-0.2, 0) is 6.42 Å². The summed E-state index contributed by atoms with van der Waals surface area (Å²) in [6, 6.07) is 9.42. The number of nitrogens with one attached hydrogen (secondary N) is 1. The largest absolute Gasteiger partial charge is 0.328 e. The Morgan fingerprint density at radius 1 is 1.11 bits per heavy atom. The van der Waals surface area contributed by atoms with Crippen molar-refractivity contribution in [2.24, 2.45) is 5.73 Å². The standard InChI is InChI=1S/C17H30N2/c1-4-14(2)17-9-7-16(8-10-17)11-13-19-12-5-6-15(3)18/h7-10,14-15,19H,4-6,11-13,18H2,1-3H3. The first-order valence-corrected chi connectivity index (χ1v) is 7.68. The lowest BCUT2D eigenvalue weighted by molar-refractivity contribution is 0.575. The predicted molar refractivity (Wildman–Crippen MR) is 84.6 cm³/mol. The predicted octanol–water partition coefficient (Wildman–Crippen LogP) is 3.46. The Balaban J connectivity index is 2.19. The zero-order chi connectivity index (χ0) is 14.1. The second-order valence-corrected chi connectivity index (χ2v) is 5.67. The summed E-state index contributed by atoms with van der Waals surface area (Å²) in [6.07, 6.45) is 4.60. The van der Waals surface area contributed by atoms with E-state index in [0.29, 0.717) is 12.0 Å². The fraction of sp³-hybridized carbons (Fsp3) is 0.647. The van der Waals surface area contributed by atoms with Crippen molar-refractivity contribution < 1.29 is 0 Å². The number of hydrogen-bond donors (Lipinski definition) is 2. The van der Waals surface area contributed by atoms with E-state index in [4.69, 9.17) is 5.73 Å². The summed E-state index contributed by atoms with van der Waals surface area (Å²) in [7, 11) is 0. The molecule has 2 unspecified atom stereocenters. The molecule has 2 heteroatoms. The van der Waals surface area contributed by atoms with E-state index in [1.54, 1.807) is 0 Å². The van der Waals surface area contributed by atoms with Crippen molar-refractivity contribution in [1.29, 1.82) is 0 Å². The van der Waals surface area contributed by atoms with Gasteiger partial charge in [-0.3, -0.25) is 0 Å². The molecular weight excluding hydrogens is 232 g/mol. The molecule has 19 heavy (non-hydrogen) atoms. The van der Waals surface area contributed by atoms with Crippen LogP contribution in [0.4, 0.5) is 0 Å². The highest BCUT2D eigenvalue weighted by atomic mass is 14.8. The molecule has 0 spiro atoms. The summed E-state index contributed by atoms with van der Waals surface area (Å²) in [5.74, 6) is 0.672. The Hall–Kier alpha value is -0.860. The van der Waals surface area contributed by atoms with Crippen LogP contribution < -0.4 is 11.1 Å². The van der Waals surface area contributed by atoms with E-state index in [0.717, 1.165) is 25.9 Å². The van der Waals surface area contributed by atoms with Crippen molar-refractivity contribution in [3.05, 3.63) is 35.4 Å².